The minimum atomic E-state index is -0.127. The molecule has 0 aromatic heterocycles. The van der Waals surface area contributed by atoms with Crippen molar-refractivity contribution in [2.45, 2.75) is 46.3 Å². The van der Waals surface area contributed by atoms with Crippen LogP contribution in [0.4, 0.5) is 0 Å². The first-order chi connectivity index (χ1) is 6.92. The van der Waals surface area contributed by atoms with Gasteiger partial charge in [-0.3, -0.25) is 0 Å². The van der Waals surface area contributed by atoms with Gasteiger partial charge in [0.1, 0.15) is 0 Å². The smallest absolute Gasteiger partial charge is 0.0887 e. The molecule has 2 rings (SSSR count). The van der Waals surface area contributed by atoms with Crippen molar-refractivity contribution in [1.82, 2.24) is 0 Å². The molecule has 1 heteroatoms. The number of hydrogen-bond acceptors (Lipinski definition) is 1. The summed E-state index contributed by atoms with van der Waals surface area (Å²) in [5, 5.41) is 0. The maximum Gasteiger partial charge on any atom is 0.0887 e. The van der Waals surface area contributed by atoms with Crippen LogP contribution >= 0.6 is 0 Å². The van der Waals surface area contributed by atoms with E-state index in [0.29, 0.717) is 5.92 Å². The Kier molecular flexibility index (Phi) is 2.38. The summed E-state index contributed by atoms with van der Waals surface area (Å²) in [5.74, 6) is 0.535. The molecule has 1 unspecified atom stereocenters. The minimum absolute atomic E-state index is 0.127. The normalized spacial score (nSPS) is 23.2. The summed E-state index contributed by atoms with van der Waals surface area (Å²) < 4.78 is 6.14. The Morgan fingerprint density at radius 1 is 1.27 bits per heavy atom. The molecule has 15 heavy (non-hydrogen) atoms. The van der Waals surface area contributed by atoms with Gasteiger partial charge in [0.05, 0.1) is 11.7 Å². The maximum absolute atomic E-state index is 6.14. The number of aryl methyl sites for hydroxylation is 1. The van der Waals surface area contributed by atoms with Crippen molar-refractivity contribution in [2.24, 2.45) is 5.92 Å². The van der Waals surface area contributed by atoms with Crippen LogP contribution in [0.15, 0.2) is 18.2 Å². The van der Waals surface area contributed by atoms with Gasteiger partial charge in [0, 0.05) is 0 Å². The largest absolute Gasteiger partial charge is 0.363 e. The van der Waals surface area contributed by atoms with Crippen molar-refractivity contribution in [3.63, 3.8) is 0 Å². The molecule has 1 aromatic rings. The van der Waals surface area contributed by atoms with Crippen LogP contribution in [-0.4, -0.2) is 0 Å². The zero-order valence-corrected chi connectivity index (χ0v) is 10.3. The molecular weight excluding hydrogens is 184 g/mol. The summed E-state index contributed by atoms with van der Waals surface area (Å²) in [6, 6.07) is 6.66. The van der Waals surface area contributed by atoms with Crippen molar-refractivity contribution in [1.29, 1.82) is 0 Å². The van der Waals surface area contributed by atoms with Crippen LogP contribution in [0.2, 0.25) is 0 Å². The number of hydrogen-bond donors (Lipinski definition) is 0. The van der Waals surface area contributed by atoms with Crippen molar-refractivity contribution in [3.8, 4) is 0 Å². The molecule has 1 aromatic carbocycles. The van der Waals surface area contributed by atoms with Gasteiger partial charge < -0.3 is 4.74 Å². The summed E-state index contributed by atoms with van der Waals surface area (Å²) in [6.45, 7) is 10.9. The molecule has 0 spiro atoms. The standard InChI is InChI=1S/C14H20O/c1-9(2)13-11-8-10(3)6-7-12(11)14(4,5)15-13/h6-9,13H,1-5H3. The molecule has 1 heterocycles. The lowest BCUT2D eigenvalue weighted by Crippen LogP contribution is -2.17. The highest BCUT2D eigenvalue weighted by molar-refractivity contribution is 5.40. The number of rotatable bonds is 1. The van der Waals surface area contributed by atoms with Gasteiger partial charge in [0.2, 0.25) is 0 Å². The molecule has 0 radical (unpaired) electrons. The molecule has 1 nitrogen and oxygen atoms in total. The minimum Gasteiger partial charge on any atom is -0.363 e. The van der Waals surface area contributed by atoms with Gasteiger partial charge in [-0.05, 0) is 37.8 Å². The lowest BCUT2D eigenvalue weighted by Gasteiger charge is -2.22. The highest BCUT2D eigenvalue weighted by Gasteiger charge is 2.38. The maximum atomic E-state index is 6.14. The second-order valence-corrected chi connectivity index (χ2v) is 5.38. The van der Waals surface area contributed by atoms with E-state index in [0.717, 1.165) is 0 Å². The highest BCUT2D eigenvalue weighted by Crippen LogP contribution is 2.46. The topological polar surface area (TPSA) is 9.23 Å². The monoisotopic (exact) mass is 204 g/mol. The van der Waals surface area contributed by atoms with Crippen LogP contribution in [0.5, 0.6) is 0 Å². The van der Waals surface area contributed by atoms with Crippen LogP contribution in [0.25, 0.3) is 0 Å². The van der Waals surface area contributed by atoms with E-state index in [2.05, 4.69) is 52.8 Å². The summed E-state index contributed by atoms with van der Waals surface area (Å²) in [5.41, 5.74) is 3.93. The zero-order valence-electron chi connectivity index (χ0n) is 10.3. The van der Waals surface area contributed by atoms with Crippen LogP contribution < -0.4 is 0 Å². The van der Waals surface area contributed by atoms with Gasteiger partial charge in [-0.2, -0.15) is 0 Å². The quantitative estimate of drug-likeness (QED) is 0.673. The third kappa shape index (κ3) is 1.69. The third-order valence-corrected chi connectivity index (χ3v) is 3.19. The molecule has 1 aliphatic heterocycles. The van der Waals surface area contributed by atoms with E-state index >= 15 is 0 Å². The Bertz CT molecular complexity index is 377. The lowest BCUT2D eigenvalue weighted by molar-refractivity contribution is -0.0710. The average Bonchev–Trinajstić information content (AvgIpc) is 2.38. The van der Waals surface area contributed by atoms with Gasteiger partial charge in [0.25, 0.3) is 0 Å². The molecular formula is C14H20O. The first kappa shape index (κ1) is 10.7. The Labute approximate surface area is 92.5 Å². The molecule has 82 valence electrons. The molecule has 0 aliphatic carbocycles. The molecule has 1 aliphatic rings. The van der Waals surface area contributed by atoms with E-state index in [9.17, 15) is 0 Å². The Morgan fingerprint density at radius 3 is 2.53 bits per heavy atom. The SMILES string of the molecule is Cc1ccc2c(c1)C(C(C)C)OC2(C)C. The third-order valence-electron chi connectivity index (χ3n) is 3.19. The van der Waals surface area contributed by atoms with E-state index in [1.165, 1.54) is 16.7 Å². The van der Waals surface area contributed by atoms with Gasteiger partial charge >= 0.3 is 0 Å². The number of benzene rings is 1. The Morgan fingerprint density at radius 2 is 1.93 bits per heavy atom. The Balaban J connectivity index is 2.53. The van der Waals surface area contributed by atoms with Gasteiger partial charge in [-0.15, -0.1) is 0 Å². The first-order valence-electron chi connectivity index (χ1n) is 5.70. The number of fused-ring (bicyclic) bond motifs is 1. The fraction of sp³-hybridized carbons (Fsp3) is 0.571. The van der Waals surface area contributed by atoms with Crippen LogP contribution in [-0.2, 0) is 10.3 Å². The van der Waals surface area contributed by atoms with Crippen molar-refractivity contribution in [3.05, 3.63) is 34.9 Å². The van der Waals surface area contributed by atoms with Gasteiger partial charge in [0.15, 0.2) is 0 Å². The molecule has 0 N–H and O–H groups in total. The average molecular weight is 204 g/mol. The highest BCUT2D eigenvalue weighted by atomic mass is 16.5. The van der Waals surface area contributed by atoms with E-state index < -0.39 is 0 Å². The fourth-order valence-electron chi connectivity index (χ4n) is 2.41. The zero-order chi connectivity index (χ0) is 11.2. The first-order valence-corrected chi connectivity index (χ1v) is 5.70. The molecule has 1 atom stereocenters. The molecule has 0 amide bonds. The van der Waals surface area contributed by atoms with Gasteiger partial charge in [-0.1, -0.05) is 37.6 Å². The van der Waals surface area contributed by atoms with Crippen LogP contribution in [0, 0.1) is 12.8 Å². The fourth-order valence-corrected chi connectivity index (χ4v) is 2.41. The second kappa shape index (κ2) is 3.34. The van der Waals surface area contributed by atoms with E-state index in [-0.39, 0.29) is 11.7 Å². The summed E-state index contributed by atoms with van der Waals surface area (Å²) >= 11 is 0. The second-order valence-electron chi connectivity index (χ2n) is 5.38. The molecule has 0 saturated carbocycles. The predicted octanol–water partition coefficient (Wildman–Crippen LogP) is 3.96. The molecule has 0 bridgehead atoms. The van der Waals surface area contributed by atoms with E-state index in [4.69, 9.17) is 4.74 Å². The van der Waals surface area contributed by atoms with Crippen molar-refractivity contribution < 1.29 is 4.74 Å². The van der Waals surface area contributed by atoms with Crippen LogP contribution in [0.3, 0.4) is 0 Å². The van der Waals surface area contributed by atoms with E-state index in [1.807, 2.05) is 0 Å². The summed E-state index contributed by atoms with van der Waals surface area (Å²) in [7, 11) is 0. The molecule has 0 fully saturated rings. The predicted molar refractivity (Wildman–Crippen MR) is 62.9 cm³/mol. The van der Waals surface area contributed by atoms with Crippen LogP contribution in [0.1, 0.15) is 50.5 Å². The molecule has 0 saturated heterocycles. The Hall–Kier alpha value is -0.820. The van der Waals surface area contributed by atoms with E-state index in [1.54, 1.807) is 0 Å². The summed E-state index contributed by atoms with van der Waals surface area (Å²) in [4.78, 5) is 0. The van der Waals surface area contributed by atoms with Crippen molar-refractivity contribution in [2.75, 3.05) is 0 Å². The summed E-state index contributed by atoms with van der Waals surface area (Å²) in [6.07, 6.45) is 0.259. The number of ether oxygens (including phenoxy) is 1. The lowest BCUT2D eigenvalue weighted by atomic mass is 9.90. The van der Waals surface area contributed by atoms with Gasteiger partial charge in [-0.25, -0.2) is 0 Å². The van der Waals surface area contributed by atoms with Crippen molar-refractivity contribution >= 4 is 0 Å².